The van der Waals surface area contributed by atoms with Gasteiger partial charge in [0.15, 0.2) is 5.78 Å². The van der Waals surface area contributed by atoms with Gasteiger partial charge in [0.05, 0.1) is 0 Å². The molecule has 0 heterocycles. The summed E-state index contributed by atoms with van der Waals surface area (Å²) in [5.74, 6) is -2.70. The molecule has 0 spiro atoms. The van der Waals surface area contributed by atoms with Crippen molar-refractivity contribution in [2.24, 2.45) is 20.6 Å². The van der Waals surface area contributed by atoms with Crippen molar-refractivity contribution in [1.29, 1.82) is 0 Å². The quantitative estimate of drug-likeness (QED) is 0.0596. The van der Waals surface area contributed by atoms with Crippen LogP contribution in [0, 0.1) is 6.92 Å². The maximum Gasteiger partial charge on any atom is 0.332 e. The van der Waals surface area contributed by atoms with E-state index in [4.69, 9.17) is 19.4 Å². The minimum absolute atomic E-state index is 0.115. The molecule has 0 saturated carbocycles. The number of nitrogens with zero attached hydrogens (tertiary/aromatic N) is 5. The van der Waals surface area contributed by atoms with Gasteiger partial charge in [-0.3, -0.25) is 4.79 Å². The number of ketones is 1. The second kappa shape index (κ2) is 18.4. The molecule has 4 aromatic carbocycles. The summed E-state index contributed by atoms with van der Waals surface area (Å²) in [5.41, 5.74) is 5.66. The van der Waals surface area contributed by atoms with Crippen LogP contribution in [-0.2, 0) is 38.5 Å². The lowest BCUT2D eigenvalue weighted by Crippen LogP contribution is -2.16. The van der Waals surface area contributed by atoms with Crippen molar-refractivity contribution < 1.29 is 43.3 Å². The van der Waals surface area contributed by atoms with E-state index in [-0.39, 0.29) is 28.6 Å². The van der Waals surface area contributed by atoms with E-state index in [0.29, 0.717) is 39.3 Å². The number of hydrogen-bond donors (Lipinski definition) is 0. The lowest BCUT2D eigenvalue weighted by atomic mass is 9.99. The summed E-state index contributed by atoms with van der Waals surface area (Å²) in [6.07, 6.45) is 0. The van der Waals surface area contributed by atoms with Gasteiger partial charge >= 0.3 is 23.9 Å². The van der Waals surface area contributed by atoms with Gasteiger partial charge in [0.1, 0.15) is 22.8 Å². The van der Waals surface area contributed by atoms with Gasteiger partial charge in [0, 0.05) is 67.0 Å². The van der Waals surface area contributed by atoms with Gasteiger partial charge in [-0.25, -0.2) is 19.2 Å². The highest BCUT2D eigenvalue weighted by Crippen LogP contribution is 2.35. The number of carbonyl (C=O) groups is 5. The second-order valence-corrected chi connectivity index (χ2v) is 11.7. The number of rotatable bonds is 13. The Hall–Kier alpha value is -7.09. The molecule has 0 bridgehead atoms. The van der Waals surface area contributed by atoms with Crippen molar-refractivity contribution in [3.05, 3.63) is 125 Å². The minimum Gasteiger partial charge on any atom is -0.318 e. The normalized spacial score (nSPS) is 12.1. The third-order valence-corrected chi connectivity index (χ3v) is 7.41. The molecule has 0 aromatic heterocycles. The lowest BCUT2D eigenvalue weighted by molar-refractivity contribution is -0.142. The molecule has 0 N–H and O–H groups in total. The molecular formula is C40H37N5O9. The van der Waals surface area contributed by atoms with Crippen molar-refractivity contribution in [1.82, 2.24) is 0 Å². The van der Waals surface area contributed by atoms with Crippen LogP contribution in [0.1, 0.15) is 74.2 Å². The van der Waals surface area contributed by atoms with Gasteiger partial charge in [-0.1, -0.05) is 69.2 Å². The molecule has 276 valence electrons. The molecule has 4 rings (SSSR count). The Morgan fingerprint density at radius 1 is 0.444 bits per heavy atom. The number of hydrogen-bond acceptors (Lipinski definition) is 14. The minimum atomic E-state index is -0.655. The van der Waals surface area contributed by atoms with E-state index in [0.717, 1.165) is 5.56 Å². The fraction of sp³-hybridized carbons (Fsp3) is 0.175. The van der Waals surface area contributed by atoms with E-state index in [2.05, 4.69) is 20.6 Å². The molecule has 0 fully saturated rings. The number of aryl methyl sites for hydroxylation is 1. The fourth-order valence-corrected chi connectivity index (χ4v) is 4.96. The first-order chi connectivity index (χ1) is 25.7. The Morgan fingerprint density at radius 3 is 1.13 bits per heavy atom. The average Bonchev–Trinajstić information content (AvgIpc) is 3.14. The maximum atomic E-state index is 13.4. The first-order valence-corrected chi connectivity index (χ1v) is 16.4. The predicted octanol–water partition coefficient (Wildman–Crippen LogP) is 7.11. The van der Waals surface area contributed by atoms with E-state index >= 15 is 0 Å². The van der Waals surface area contributed by atoms with Crippen LogP contribution in [-0.4, -0.2) is 52.5 Å². The van der Waals surface area contributed by atoms with Crippen molar-refractivity contribution in [3.63, 3.8) is 0 Å². The molecule has 0 aliphatic rings. The van der Waals surface area contributed by atoms with E-state index in [1.165, 1.54) is 27.7 Å². The van der Waals surface area contributed by atoms with E-state index in [9.17, 15) is 24.0 Å². The molecule has 14 heteroatoms. The summed E-state index contributed by atoms with van der Waals surface area (Å²) in [4.78, 5) is 80.6. The van der Waals surface area contributed by atoms with Crippen molar-refractivity contribution in [3.8, 4) is 0 Å². The molecule has 0 amide bonds. The van der Waals surface area contributed by atoms with Crippen LogP contribution in [0.2, 0.25) is 0 Å². The zero-order valence-electron chi connectivity index (χ0n) is 30.6. The summed E-state index contributed by atoms with van der Waals surface area (Å²) >= 11 is 0. The van der Waals surface area contributed by atoms with Crippen LogP contribution >= 0.6 is 0 Å². The lowest BCUT2D eigenvalue weighted by Gasteiger charge is -2.26. The van der Waals surface area contributed by atoms with E-state index < -0.39 is 23.9 Å². The number of anilines is 3. The van der Waals surface area contributed by atoms with Crippen molar-refractivity contribution in [2.75, 3.05) is 4.90 Å². The van der Waals surface area contributed by atoms with Crippen molar-refractivity contribution in [2.45, 2.75) is 48.5 Å². The third kappa shape index (κ3) is 10.7. The number of oxime groups is 4. The van der Waals surface area contributed by atoms with E-state index in [1.54, 1.807) is 80.6 Å². The summed E-state index contributed by atoms with van der Waals surface area (Å²) in [5, 5.41) is 15.4. The smallest absolute Gasteiger partial charge is 0.318 e. The molecular weight excluding hydrogens is 694 g/mol. The number of carbonyl (C=O) groups excluding carboxylic acids is 5. The maximum absolute atomic E-state index is 13.4. The topological polar surface area (TPSA) is 175 Å². The summed E-state index contributed by atoms with van der Waals surface area (Å²) in [7, 11) is 0. The fourth-order valence-electron chi connectivity index (χ4n) is 4.96. The number of benzene rings is 4. The molecule has 0 aliphatic heterocycles. The van der Waals surface area contributed by atoms with E-state index in [1.807, 2.05) is 42.2 Å². The van der Waals surface area contributed by atoms with Crippen LogP contribution in [0.25, 0.3) is 0 Å². The summed E-state index contributed by atoms with van der Waals surface area (Å²) in [6, 6.07) is 28.6. The van der Waals surface area contributed by atoms with Crippen LogP contribution in [0.15, 0.2) is 118 Å². The highest BCUT2D eigenvalue weighted by atomic mass is 16.7. The Morgan fingerprint density at radius 2 is 0.778 bits per heavy atom. The molecule has 0 radical (unpaired) electrons. The van der Waals surface area contributed by atoms with Crippen LogP contribution in [0.5, 0.6) is 0 Å². The Kier molecular flexibility index (Phi) is 13.5. The molecule has 0 saturated heterocycles. The zero-order valence-corrected chi connectivity index (χ0v) is 30.6. The molecule has 14 nitrogen and oxygen atoms in total. The standard InChI is InChI=1S/C40H37N5O9/c1-24-10-8-9-11-37(24)40(50)33-16-22-36(23-17-33)45(34-18-12-31(13-19-34)38(43-53-29(6)48)25(2)41-51-27(4)46)35-20-14-32(15-21-35)39(44-54-30(7)49)26(3)42-52-28(5)47/h8-23H,1-7H3/b41-25?,42-26?,43-38-,44-39?. The SMILES string of the molecule is CC(=O)ON=C(C)C(=NOC(C)=O)c1ccc(N(c2ccc(C(=O)c3ccccc3C)cc2)c2ccc(/C(=N\OC(C)=O)C(C)=NOC(C)=O)cc2)cc1. The first kappa shape index (κ1) is 39.7. The zero-order chi connectivity index (χ0) is 39.4. The van der Waals surface area contributed by atoms with Gasteiger partial charge in [0.25, 0.3) is 0 Å². The largest absolute Gasteiger partial charge is 0.332 e. The molecule has 0 aliphatic carbocycles. The Bertz CT molecular complexity index is 2070. The van der Waals surface area contributed by atoms with Gasteiger partial charge in [0.2, 0.25) is 0 Å². The Labute approximate surface area is 311 Å². The molecule has 0 unspecified atom stereocenters. The molecule has 4 aromatic rings. The first-order valence-electron chi connectivity index (χ1n) is 16.4. The van der Waals surface area contributed by atoms with Crippen LogP contribution in [0.4, 0.5) is 17.1 Å². The van der Waals surface area contributed by atoms with Crippen LogP contribution < -0.4 is 4.90 Å². The second-order valence-electron chi connectivity index (χ2n) is 11.7. The molecule has 0 atom stereocenters. The average molecular weight is 732 g/mol. The van der Waals surface area contributed by atoms with Crippen molar-refractivity contribution >= 4 is 69.6 Å². The monoisotopic (exact) mass is 731 g/mol. The van der Waals surface area contributed by atoms with Gasteiger partial charge < -0.3 is 24.3 Å². The van der Waals surface area contributed by atoms with Gasteiger partial charge in [-0.2, -0.15) is 0 Å². The Balaban J connectivity index is 1.81. The highest BCUT2D eigenvalue weighted by Gasteiger charge is 2.19. The predicted molar refractivity (Wildman–Crippen MR) is 202 cm³/mol. The van der Waals surface area contributed by atoms with Gasteiger partial charge in [-0.15, -0.1) is 0 Å². The summed E-state index contributed by atoms with van der Waals surface area (Å²) < 4.78 is 0. The highest BCUT2D eigenvalue weighted by molar-refractivity contribution is 6.48. The third-order valence-electron chi connectivity index (χ3n) is 7.41. The molecule has 54 heavy (non-hydrogen) atoms. The van der Waals surface area contributed by atoms with Crippen LogP contribution in [0.3, 0.4) is 0 Å². The summed E-state index contributed by atoms with van der Waals surface area (Å²) in [6.45, 7) is 9.78. The van der Waals surface area contributed by atoms with Gasteiger partial charge in [-0.05, 0) is 74.9 Å².